The minimum absolute atomic E-state index is 0.231. The van der Waals surface area contributed by atoms with Crippen molar-refractivity contribution in [3.8, 4) is 11.3 Å². The quantitative estimate of drug-likeness (QED) is 0.629. The first-order valence-electron chi connectivity index (χ1n) is 10.1. The first kappa shape index (κ1) is 20.0. The number of ether oxygens (including phenoxy) is 1. The van der Waals surface area contributed by atoms with Crippen LogP contribution in [0.3, 0.4) is 0 Å². The number of nitrogens with one attached hydrogen (secondary N) is 1. The van der Waals surface area contributed by atoms with Gasteiger partial charge in [0.2, 0.25) is 5.95 Å². The number of rotatable bonds is 6. The fourth-order valence-corrected chi connectivity index (χ4v) is 3.95. The van der Waals surface area contributed by atoms with Gasteiger partial charge in [0.25, 0.3) is 0 Å². The molecule has 0 amide bonds. The molecule has 0 radical (unpaired) electrons. The number of nitrogens with two attached hydrogens (primary N) is 1. The molecule has 1 aromatic heterocycles. The van der Waals surface area contributed by atoms with Gasteiger partial charge >= 0.3 is 5.97 Å². The second-order valence-electron chi connectivity index (χ2n) is 7.72. The van der Waals surface area contributed by atoms with Crippen molar-refractivity contribution in [2.75, 3.05) is 5.32 Å². The molecule has 2 aliphatic heterocycles. The van der Waals surface area contributed by atoms with Crippen LogP contribution in [-0.2, 0) is 4.74 Å². The van der Waals surface area contributed by atoms with Crippen LogP contribution in [0, 0.1) is 6.92 Å². The van der Waals surface area contributed by atoms with Gasteiger partial charge in [-0.15, -0.1) is 0 Å². The van der Waals surface area contributed by atoms with Gasteiger partial charge in [-0.1, -0.05) is 12.1 Å². The number of carboxylic acids is 1. The van der Waals surface area contributed by atoms with Crippen LogP contribution in [0.1, 0.15) is 41.6 Å². The number of fused-ring (bicyclic) bond motifs is 2. The molecule has 8 heteroatoms. The molecule has 1 aromatic carbocycles. The van der Waals surface area contributed by atoms with Crippen molar-refractivity contribution in [3.63, 3.8) is 0 Å². The Morgan fingerprint density at radius 2 is 1.97 bits per heavy atom. The van der Waals surface area contributed by atoms with Gasteiger partial charge in [0.1, 0.15) is 0 Å². The summed E-state index contributed by atoms with van der Waals surface area (Å²) in [5.74, 6) is -0.564. The molecular weight excluding hydrogens is 382 g/mol. The first-order chi connectivity index (χ1) is 14.5. The highest BCUT2D eigenvalue weighted by Gasteiger charge is 2.34. The maximum Gasteiger partial charge on any atom is 0.335 e. The summed E-state index contributed by atoms with van der Waals surface area (Å²) in [5.41, 5.74) is 9.04. The number of carboxylic acid groups (broad SMARTS) is 1. The summed E-state index contributed by atoms with van der Waals surface area (Å²) < 4.78 is 5.86. The van der Waals surface area contributed by atoms with Crippen molar-refractivity contribution in [1.29, 1.82) is 0 Å². The lowest BCUT2D eigenvalue weighted by Gasteiger charge is -2.25. The number of hydrogen-bond acceptors (Lipinski definition) is 7. The molecular formula is C22H25N5O3. The Balaban J connectivity index is 1.47. The summed E-state index contributed by atoms with van der Waals surface area (Å²) in [4.78, 5) is 24.7. The largest absolute Gasteiger partial charge is 0.478 e. The number of hydrogen-bond donors (Lipinski definition) is 3. The Bertz CT molecular complexity index is 975. The number of aliphatic imine (C=N–C) groups is 1. The zero-order chi connectivity index (χ0) is 21.1. The summed E-state index contributed by atoms with van der Waals surface area (Å²) in [6.45, 7) is 1.91. The fraction of sp³-hybridized carbons (Fsp3) is 0.364. The van der Waals surface area contributed by atoms with Crippen LogP contribution in [0.4, 0.5) is 5.95 Å². The van der Waals surface area contributed by atoms with E-state index < -0.39 is 5.97 Å². The molecule has 30 heavy (non-hydrogen) atoms. The predicted molar refractivity (Wildman–Crippen MR) is 114 cm³/mol. The monoisotopic (exact) mass is 407 g/mol. The number of benzene rings is 1. The molecule has 2 bridgehead atoms. The molecule has 2 atom stereocenters. The van der Waals surface area contributed by atoms with Gasteiger partial charge in [0.05, 0.1) is 35.2 Å². The van der Waals surface area contributed by atoms with E-state index in [1.165, 1.54) is 6.20 Å². The lowest BCUT2D eigenvalue weighted by atomic mass is 10.0. The smallest absolute Gasteiger partial charge is 0.335 e. The number of allylic oxidation sites excluding steroid dienone is 1. The van der Waals surface area contributed by atoms with Crippen LogP contribution in [0.2, 0.25) is 0 Å². The topological polar surface area (TPSA) is 123 Å². The highest BCUT2D eigenvalue weighted by Crippen LogP contribution is 2.33. The van der Waals surface area contributed by atoms with Crippen molar-refractivity contribution in [1.82, 2.24) is 9.97 Å². The molecule has 2 unspecified atom stereocenters. The van der Waals surface area contributed by atoms with Crippen LogP contribution in [0.5, 0.6) is 0 Å². The first-order valence-corrected chi connectivity index (χ1v) is 10.1. The molecule has 4 rings (SSSR count). The van der Waals surface area contributed by atoms with Crippen LogP contribution >= 0.6 is 0 Å². The summed E-state index contributed by atoms with van der Waals surface area (Å²) in [5, 5.41) is 12.2. The standard InChI is InChI=1S/C22H25N5O3/c1-13-11-25-22(27-20(13)14-2-4-15(5-3-14)21(28)29)26-17(10-23)12-24-16-8-18-6-7-19(9-16)30-18/h2-5,10-12,16,18-19H,6-9,23H2,1H3,(H,28,29)(H,25,26,27)/b17-10+,24-12?. The molecule has 0 spiro atoms. The molecule has 156 valence electrons. The highest BCUT2D eigenvalue weighted by molar-refractivity contribution is 5.88. The number of aromatic nitrogens is 2. The van der Waals surface area contributed by atoms with E-state index in [1.807, 2.05) is 6.92 Å². The van der Waals surface area contributed by atoms with Gasteiger partial charge in [-0.25, -0.2) is 14.8 Å². The number of carbonyl (C=O) groups is 1. The van der Waals surface area contributed by atoms with E-state index in [0.29, 0.717) is 23.9 Å². The zero-order valence-corrected chi connectivity index (χ0v) is 16.8. The molecule has 2 fully saturated rings. The van der Waals surface area contributed by atoms with Crippen molar-refractivity contribution in [2.45, 2.75) is 50.9 Å². The summed E-state index contributed by atoms with van der Waals surface area (Å²) in [6, 6.07) is 6.85. The number of aromatic carboxylic acids is 1. The van der Waals surface area contributed by atoms with Crippen molar-refractivity contribution in [2.24, 2.45) is 10.7 Å². The zero-order valence-electron chi connectivity index (χ0n) is 16.8. The van der Waals surface area contributed by atoms with Crippen LogP contribution in [-0.4, -0.2) is 45.5 Å². The summed E-state index contributed by atoms with van der Waals surface area (Å²) in [6.07, 6.45) is 9.72. The molecule has 2 aliphatic rings. The maximum atomic E-state index is 11.1. The average molecular weight is 407 g/mol. The fourth-order valence-electron chi connectivity index (χ4n) is 3.95. The Labute approximate surface area is 174 Å². The van der Waals surface area contributed by atoms with Crippen LogP contribution in [0.15, 0.2) is 47.4 Å². The lowest BCUT2D eigenvalue weighted by molar-refractivity contribution is -0.00190. The Kier molecular flexibility index (Phi) is 5.76. The minimum Gasteiger partial charge on any atom is -0.478 e. The van der Waals surface area contributed by atoms with E-state index in [9.17, 15) is 4.79 Å². The predicted octanol–water partition coefficient (Wildman–Crippen LogP) is 3.14. The van der Waals surface area contributed by atoms with Crippen molar-refractivity contribution < 1.29 is 14.6 Å². The van der Waals surface area contributed by atoms with Gasteiger partial charge in [0.15, 0.2) is 0 Å². The normalized spacial score (nSPS) is 23.6. The molecule has 3 heterocycles. The molecule has 2 saturated heterocycles. The Hall–Kier alpha value is -3.26. The second kappa shape index (κ2) is 8.62. The number of anilines is 1. The molecule has 0 saturated carbocycles. The number of nitrogens with zero attached hydrogens (tertiary/aromatic N) is 3. The second-order valence-corrected chi connectivity index (χ2v) is 7.72. The molecule has 8 nitrogen and oxygen atoms in total. The average Bonchev–Trinajstić information content (AvgIpc) is 3.10. The van der Waals surface area contributed by atoms with Gasteiger partial charge < -0.3 is 20.9 Å². The van der Waals surface area contributed by atoms with Crippen LogP contribution in [0.25, 0.3) is 11.3 Å². The van der Waals surface area contributed by atoms with Gasteiger partial charge in [-0.3, -0.25) is 4.99 Å². The Morgan fingerprint density at radius 1 is 1.27 bits per heavy atom. The molecule has 2 aromatic rings. The van der Waals surface area contributed by atoms with E-state index in [1.54, 1.807) is 36.7 Å². The lowest BCUT2D eigenvalue weighted by Crippen LogP contribution is -2.27. The van der Waals surface area contributed by atoms with Crippen LogP contribution < -0.4 is 11.1 Å². The van der Waals surface area contributed by atoms with Crippen molar-refractivity contribution in [3.05, 3.63) is 53.5 Å². The minimum atomic E-state index is -0.960. The third-order valence-electron chi connectivity index (χ3n) is 5.50. The maximum absolute atomic E-state index is 11.1. The van der Waals surface area contributed by atoms with E-state index in [4.69, 9.17) is 15.6 Å². The van der Waals surface area contributed by atoms with E-state index in [-0.39, 0.29) is 11.6 Å². The third-order valence-corrected chi connectivity index (χ3v) is 5.50. The third kappa shape index (κ3) is 4.49. The van der Waals surface area contributed by atoms with E-state index in [2.05, 4.69) is 20.3 Å². The highest BCUT2D eigenvalue weighted by atomic mass is 16.5. The van der Waals surface area contributed by atoms with E-state index >= 15 is 0 Å². The molecule has 4 N–H and O–H groups in total. The van der Waals surface area contributed by atoms with Gasteiger partial charge in [-0.05, 0) is 50.3 Å². The summed E-state index contributed by atoms with van der Waals surface area (Å²) >= 11 is 0. The Morgan fingerprint density at radius 3 is 2.60 bits per heavy atom. The van der Waals surface area contributed by atoms with Gasteiger partial charge in [-0.2, -0.15) is 0 Å². The van der Waals surface area contributed by atoms with Gasteiger partial charge in [0, 0.05) is 24.2 Å². The molecule has 0 aliphatic carbocycles. The summed E-state index contributed by atoms with van der Waals surface area (Å²) in [7, 11) is 0. The van der Waals surface area contributed by atoms with Crippen molar-refractivity contribution >= 4 is 18.1 Å². The number of aryl methyl sites for hydroxylation is 1. The van der Waals surface area contributed by atoms with E-state index in [0.717, 1.165) is 42.5 Å². The SMILES string of the molecule is Cc1cnc(N/C(C=NC2CC3CCC(C2)O3)=C/N)nc1-c1ccc(C(=O)O)cc1.